The first kappa shape index (κ1) is 18.6. The zero-order chi connectivity index (χ0) is 20.8. The molecule has 1 saturated heterocycles. The summed E-state index contributed by atoms with van der Waals surface area (Å²) in [6, 6.07) is 8.09. The Morgan fingerprint density at radius 1 is 1.30 bits per heavy atom. The predicted octanol–water partition coefficient (Wildman–Crippen LogP) is 3.30. The van der Waals surface area contributed by atoms with Crippen LogP contribution in [-0.2, 0) is 11.3 Å². The highest BCUT2D eigenvalue weighted by atomic mass is 16.2. The van der Waals surface area contributed by atoms with Crippen LogP contribution in [0.5, 0.6) is 0 Å². The number of hydrogen-bond donors (Lipinski definition) is 2. The molecular weight excluding hydrogens is 378 g/mol. The number of nitrogens with one attached hydrogen (secondary N) is 1. The Morgan fingerprint density at radius 3 is 2.90 bits per heavy atom. The van der Waals surface area contributed by atoms with E-state index in [0.717, 1.165) is 64.9 Å². The predicted molar refractivity (Wildman–Crippen MR) is 117 cm³/mol. The average Bonchev–Trinajstić information content (AvgIpc) is 3.42. The highest BCUT2D eigenvalue weighted by molar-refractivity contribution is 6.07. The number of anilines is 1. The van der Waals surface area contributed by atoms with Crippen molar-refractivity contribution in [1.82, 2.24) is 29.6 Å². The number of aryl methyl sites for hydroxylation is 1. The number of piperidine rings is 1. The van der Waals surface area contributed by atoms with Crippen LogP contribution in [0, 0.1) is 0 Å². The van der Waals surface area contributed by atoms with E-state index in [1.54, 1.807) is 13.1 Å². The van der Waals surface area contributed by atoms with E-state index in [0.29, 0.717) is 12.4 Å². The number of fused-ring (bicyclic) bond motifs is 3. The molecule has 1 aliphatic rings. The fourth-order valence-corrected chi connectivity index (χ4v) is 4.61. The second-order valence-corrected chi connectivity index (χ2v) is 7.90. The van der Waals surface area contributed by atoms with Crippen molar-refractivity contribution in [3.05, 3.63) is 36.3 Å². The molecule has 0 spiro atoms. The molecule has 30 heavy (non-hydrogen) atoms. The maximum atomic E-state index is 11.9. The van der Waals surface area contributed by atoms with Crippen molar-refractivity contribution >= 4 is 33.7 Å². The fraction of sp³-hybridized carbons (Fsp3) is 0.364. The summed E-state index contributed by atoms with van der Waals surface area (Å²) in [7, 11) is 0. The first-order valence-corrected chi connectivity index (χ1v) is 10.4. The van der Waals surface area contributed by atoms with Crippen molar-refractivity contribution in [2.75, 3.05) is 18.8 Å². The Kier molecular flexibility index (Phi) is 4.42. The van der Waals surface area contributed by atoms with Gasteiger partial charge in [0.15, 0.2) is 5.82 Å². The van der Waals surface area contributed by atoms with Gasteiger partial charge in [-0.25, -0.2) is 9.97 Å². The van der Waals surface area contributed by atoms with Crippen molar-refractivity contribution in [2.45, 2.75) is 39.2 Å². The number of amides is 1. The molecule has 0 aliphatic carbocycles. The lowest BCUT2D eigenvalue weighted by Gasteiger charge is -2.32. The van der Waals surface area contributed by atoms with E-state index in [4.69, 9.17) is 10.7 Å². The molecule has 1 aliphatic heterocycles. The van der Waals surface area contributed by atoms with E-state index < -0.39 is 0 Å². The molecule has 154 valence electrons. The standard InChI is InChI=1S/C22H25N7O/c1-3-29-20-16-7-6-14(17-8-9-24-27-17)11-18(16)25-21(23)19(20)26-22(29)15-5-4-10-28(12-15)13(2)30/h6-9,11,15H,3-5,10,12H2,1-2H3,(H2,23,25)(H,24,27)/t15-/m0/s1. The molecule has 5 rings (SSSR count). The number of carbonyl (C=O) groups excluding carboxylic acids is 1. The van der Waals surface area contributed by atoms with E-state index in [1.165, 1.54) is 0 Å². The summed E-state index contributed by atoms with van der Waals surface area (Å²) in [5.74, 6) is 1.75. The number of pyridine rings is 1. The SMILES string of the molecule is CCn1c([C@H]2CCCN(C(C)=O)C2)nc2c(N)nc3cc(-c4cc[nH]n4)ccc3c21. The molecule has 1 fully saturated rings. The zero-order valence-corrected chi connectivity index (χ0v) is 17.2. The number of nitrogens with two attached hydrogens (primary N) is 1. The summed E-state index contributed by atoms with van der Waals surface area (Å²) in [6.07, 6.45) is 3.80. The van der Waals surface area contributed by atoms with Gasteiger partial charge in [0.2, 0.25) is 5.91 Å². The summed E-state index contributed by atoms with van der Waals surface area (Å²) in [4.78, 5) is 23.4. The van der Waals surface area contributed by atoms with Crippen LogP contribution >= 0.6 is 0 Å². The second-order valence-electron chi connectivity index (χ2n) is 7.90. The summed E-state index contributed by atoms with van der Waals surface area (Å²) in [6.45, 7) is 6.06. The zero-order valence-electron chi connectivity index (χ0n) is 17.2. The monoisotopic (exact) mass is 403 g/mol. The normalized spacial score (nSPS) is 17.1. The van der Waals surface area contributed by atoms with Gasteiger partial charge in [-0.1, -0.05) is 6.07 Å². The number of aromatic amines is 1. The molecule has 4 aromatic rings. The van der Waals surface area contributed by atoms with Gasteiger partial charge in [-0.15, -0.1) is 0 Å². The Morgan fingerprint density at radius 2 is 2.17 bits per heavy atom. The van der Waals surface area contributed by atoms with E-state index in [2.05, 4.69) is 38.8 Å². The smallest absolute Gasteiger partial charge is 0.219 e. The lowest BCUT2D eigenvalue weighted by molar-refractivity contribution is -0.130. The minimum absolute atomic E-state index is 0.122. The van der Waals surface area contributed by atoms with Crippen LogP contribution in [0.4, 0.5) is 5.82 Å². The molecule has 1 amide bonds. The highest BCUT2D eigenvalue weighted by Gasteiger charge is 2.28. The lowest BCUT2D eigenvalue weighted by Crippen LogP contribution is -2.38. The van der Waals surface area contributed by atoms with E-state index in [1.807, 2.05) is 17.0 Å². The highest BCUT2D eigenvalue weighted by Crippen LogP contribution is 2.35. The van der Waals surface area contributed by atoms with Crippen LogP contribution in [0.25, 0.3) is 33.2 Å². The lowest BCUT2D eigenvalue weighted by atomic mass is 9.97. The van der Waals surface area contributed by atoms with Crippen molar-refractivity contribution in [3.8, 4) is 11.3 Å². The van der Waals surface area contributed by atoms with Gasteiger partial charge < -0.3 is 15.2 Å². The quantitative estimate of drug-likeness (QED) is 0.546. The van der Waals surface area contributed by atoms with Crippen LogP contribution in [0.2, 0.25) is 0 Å². The second kappa shape index (κ2) is 7.12. The molecule has 1 atom stereocenters. The molecule has 0 radical (unpaired) electrons. The Hall–Kier alpha value is -3.42. The third kappa shape index (κ3) is 2.91. The summed E-state index contributed by atoms with van der Waals surface area (Å²) < 4.78 is 2.25. The summed E-state index contributed by atoms with van der Waals surface area (Å²) >= 11 is 0. The van der Waals surface area contributed by atoms with Gasteiger partial charge >= 0.3 is 0 Å². The number of nitrogen functional groups attached to an aromatic ring is 1. The van der Waals surface area contributed by atoms with Gasteiger partial charge in [0.25, 0.3) is 0 Å². The average molecular weight is 403 g/mol. The number of H-pyrrole nitrogens is 1. The Labute approximate surface area is 174 Å². The first-order valence-electron chi connectivity index (χ1n) is 10.4. The van der Waals surface area contributed by atoms with Crippen LogP contribution in [0.15, 0.2) is 30.5 Å². The molecule has 0 unspecified atom stereocenters. The van der Waals surface area contributed by atoms with Crippen LogP contribution in [0.1, 0.15) is 38.4 Å². The van der Waals surface area contributed by atoms with Gasteiger partial charge in [0, 0.05) is 49.6 Å². The number of aromatic nitrogens is 5. The van der Waals surface area contributed by atoms with Crippen LogP contribution in [-0.4, -0.2) is 48.6 Å². The molecule has 4 heterocycles. The van der Waals surface area contributed by atoms with Crippen LogP contribution in [0.3, 0.4) is 0 Å². The summed E-state index contributed by atoms with van der Waals surface area (Å²) in [5.41, 5.74) is 10.8. The molecule has 0 saturated carbocycles. The van der Waals surface area contributed by atoms with Gasteiger partial charge in [-0.2, -0.15) is 5.10 Å². The summed E-state index contributed by atoms with van der Waals surface area (Å²) in [5, 5.41) is 8.14. The number of carbonyl (C=O) groups is 1. The number of hydrogen-bond acceptors (Lipinski definition) is 5. The van der Waals surface area contributed by atoms with Crippen molar-refractivity contribution in [3.63, 3.8) is 0 Å². The fourth-order valence-electron chi connectivity index (χ4n) is 4.61. The Balaban J connectivity index is 1.68. The minimum atomic E-state index is 0.122. The number of rotatable bonds is 3. The molecule has 1 aromatic carbocycles. The molecule has 3 N–H and O–H groups in total. The minimum Gasteiger partial charge on any atom is -0.382 e. The van der Waals surface area contributed by atoms with Gasteiger partial charge in [-0.05, 0) is 38.0 Å². The molecule has 0 bridgehead atoms. The molecular formula is C22H25N7O. The van der Waals surface area contributed by atoms with Crippen molar-refractivity contribution in [2.24, 2.45) is 0 Å². The van der Waals surface area contributed by atoms with Crippen LogP contribution < -0.4 is 5.73 Å². The van der Waals surface area contributed by atoms with Gasteiger partial charge in [0.1, 0.15) is 11.3 Å². The molecule has 3 aromatic heterocycles. The van der Waals surface area contributed by atoms with Crippen molar-refractivity contribution in [1.29, 1.82) is 0 Å². The third-order valence-corrected chi connectivity index (χ3v) is 6.08. The molecule has 8 heteroatoms. The maximum absolute atomic E-state index is 11.9. The van der Waals surface area contributed by atoms with Gasteiger partial charge in [0.05, 0.1) is 16.7 Å². The van der Waals surface area contributed by atoms with E-state index in [-0.39, 0.29) is 11.8 Å². The first-order chi connectivity index (χ1) is 14.6. The Bertz CT molecular complexity index is 1240. The molecule has 8 nitrogen and oxygen atoms in total. The number of likely N-dealkylation sites (tertiary alicyclic amines) is 1. The number of imidazole rings is 1. The topological polar surface area (TPSA) is 106 Å². The number of benzene rings is 1. The number of nitrogens with zero attached hydrogens (tertiary/aromatic N) is 5. The third-order valence-electron chi connectivity index (χ3n) is 6.08. The maximum Gasteiger partial charge on any atom is 0.219 e. The van der Waals surface area contributed by atoms with E-state index in [9.17, 15) is 4.79 Å². The largest absolute Gasteiger partial charge is 0.382 e. The van der Waals surface area contributed by atoms with E-state index >= 15 is 0 Å². The van der Waals surface area contributed by atoms with Crippen molar-refractivity contribution < 1.29 is 4.79 Å². The van der Waals surface area contributed by atoms with Gasteiger partial charge in [-0.3, -0.25) is 9.89 Å².